The molecule has 6 heteroatoms. The smallest absolute Gasteiger partial charge is 0.407 e. The molecular weight excluding hydrogens is 296 g/mol. The molecule has 126 valence electrons. The number of benzene rings is 1. The highest BCUT2D eigenvalue weighted by Gasteiger charge is 2.15. The van der Waals surface area contributed by atoms with E-state index in [4.69, 9.17) is 15.2 Å². The van der Waals surface area contributed by atoms with E-state index < -0.39 is 17.7 Å². The molecule has 1 amide bonds. The molecule has 0 aliphatic rings. The van der Waals surface area contributed by atoms with Crippen molar-refractivity contribution >= 4 is 23.8 Å². The van der Waals surface area contributed by atoms with E-state index in [-0.39, 0.29) is 6.54 Å². The number of carbonyl (C=O) groups is 2. The van der Waals surface area contributed by atoms with Gasteiger partial charge in [0.05, 0.1) is 12.2 Å². The third kappa shape index (κ3) is 6.86. The van der Waals surface area contributed by atoms with Crippen LogP contribution in [0.5, 0.6) is 0 Å². The fourth-order valence-corrected chi connectivity index (χ4v) is 1.70. The van der Waals surface area contributed by atoms with E-state index in [0.717, 1.165) is 0 Å². The minimum Gasteiger partial charge on any atom is -0.462 e. The van der Waals surface area contributed by atoms with E-state index in [9.17, 15) is 9.59 Å². The number of nitrogens with two attached hydrogens (primary N) is 1. The van der Waals surface area contributed by atoms with E-state index in [1.54, 1.807) is 58.0 Å². The molecule has 0 unspecified atom stereocenters. The maximum atomic E-state index is 11.7. The maximum absolute atomic E-state index is 11.7. The summed E-state index contributed by atoms with van der Waals surface area (Å²) in [6.07, 6.45) is 2.97. The molecule has 0 aliphatic heterocycles. The van der Waals surface area contributed by atoms with Gasteiger partial charge in [-0.2, -0.15) is 0 Å². The Morgan fingerprint density at radius 3 is 2.61 bits per heavy atom. The molecule has 0 aromatic heterocycles. The Kier molecular flexibility index (Phi) is 6.63. The highest BCUT2D eigenvalue weighted by atomic mass is 16.6. The first-order valence-corrected chi connectivity index (χ1v) is 7.43. The van der Waals surface area contributed by atoms with Gasteiger partial charge in [0.2, 0.25) is 0 Å². The summed E-state index contributed by atoms with van der Waals surface area (Å²) in [6.45, 7) is 7.74. The van der Waals surface area contributed by atoms with Gasteiger partial charge in [0.15, 0.2) is 0 Å². The number of nitrogen functional groups attached to an aromatic ring is 1. The molecule has 0 radical (unpaired) electrons. The topological polar surface area (TPSA) is 90.6 Å². The van der Waals surface area contributed by atoms with Crippen molar-refractivity contribution in [2.24, 2.45) is 0 Å². The molecule has 0 atom stereocenters. The molecule has 6 nitrogen and oxygen atoms in total. The van der Waals surface area contributed by atoms with Crippen molar-refractivity contribution in [2.45, 2.75) is 33.3 Å². The van der Waals surface area contributed by atoms with Gasteiger partial charge in [-0.05, 0) is 51.5 Å². The Hall–Kier alpha value is -2.50. The molecule has 1 aromatic rings. The van der Waals surface area contributed by atoms with Crippen LogP contribution in [0.1, 0.15) is 43.6 Å². The molecule has 0 saturated carbocycles. The van der Waals surface area contributed by atoms with Crippen molar-refractivity contribution in [3.63, 3.8) is 0 Å². The van der Waals surface area contributed by atoms with Gasteiger partial charge >= 0.3 is 12.1 Å². The van der Waals surface area contributed by atoms with E-state index in [0.29, 0.717) is 23.4 Å². The number of esters is 1. The van der Waals surface area contributed by atoms with Crippen molar-refractivity contribution < 1.29 is 19.1 Å². The van der Waals surface area contributed by atoms with Crippen molar-refractivity contribution in [2.75, 3.05) is 18.9 Å². The lowest BCUT2D eigenvalue weighted by Gasteiger charge is -2.19. The van der Waals surface area contributed by atoms with Gasteiger partial charge in [-0.3, -0.25) is 0 Å². The van der Waals surface area contributed by atoms with Gasteiger partial charge in [-0.25, -0.2) is 9.59 Å². The average molecular weight is 320 g/mol. The normalized spacial score (nSPS) is 11.3. The third-order valence-electron chi connectivity index (χ3n) is 2.66. The van der Waals surface area contributed by atoms with E-state index in [2.05, 4.69) is 5.32 Å². The molecule has 0 aliphatic carbocycles. The molecule has 0 bridgehead atoms. The SMILES string of the molecule is CCOC(=O)c1ccc(N)c(C=CCNC(=O)OC(C)(C)C)c1. The average Bonchev–Trinajstić information content (AvgIpc) is 2.43. The van der Waals surface area contributed by atoms with Gasteiger partial charge in [-0.15, -0.1) is 0 Å². The van der Waals surface area contributed by atoms with Crippen LogP contribution in [-0.2, 0) is 9.47 Å². The van der Waals surface area contributed by atoms with Crippen LogP contribution in [0, 0.1) is 0 Å². The highest BCUT2D eigenvalue weighted by Crippen LogP contribution is 2.16. The monoisotopic (exact) mass is 320 g/mol. The lowest BCUT2D eigenvalue weighted by atomic mass is 10.1. The minimum absolute atomic E-state index is 0.290. The maximum Gasteiger partial charge on any atom is 0.407 e. The van der Waals surface area contributed by atoms with Crippen molar-refractivity contribution in [3.05, 3.63) is 35.4 Å². The zero-order valence-corrected chi connectivity index (χ0v) is 14.0. The van der Waals surface area contributed by atoms with Crippen molar-refractivity contribution in [3.8, 4) is 0 Å². The number of amides is 1. The Labute approximate surface area is 136 Å². The van der Waals surface area contributed by atoms with Crippen LogP contribution in [-0.4, -0.2) is 30.8 Å². The lowest BCUT2D eigenvalue weighted by Crippen LogP contribution is -2.32. The van der Waals surface area contributed by atoms with Gasteiger partial charge in [0.1, 0.15) is 5.60 Å². The first-order chi connectivity index (χ1) is 10.7. The van der Waals surface area contributed by atoms with Crippen LogP contribution in [0.25, 0.3) is 6.08 Å². The van der Waals surface area contributed by atoms with Crippen molar-refractivity contribution in [1.82, 2.24) is 5.32 Å². The minimum atomic E-state index is -0.536. The number of alkyl carbamates (subject to hydrolysis) is 1. The zero-order valence-electron chi connectivity index (χ0n) is 14.0. The second kappa shape index (κ2) is 8.22. The third-order valence-corrected chi connectivity index (χ3v) is 2.66. The lowest BCUT2D eigenvalue weighted by molar-refractivity contribution is 0.0519. The zero-order chi connectivity index (χ0) is 17.5. The van der Waals surface area contributed by atoms with Crippen LogP contribution in [0.3, 0.4) is 0 Å². The van der Waals surface area contributed by atoms with Gasteiger partial charge in [0, 0.05) is 12.2 Å². The molecule has 23 heavy (non-hydrogen) atoms. The van der Waals surface area contributed by atoms with Gasteiger partial charge in [0.25, 0.3) is 0 Å². The second-order valence-electron chi connectivity index (χ2n) is 5.85. The Morgan fingerprint density at radius 2 is 2.00 bits per heavy atom. The van der Waals surface area contributed by atoms with E-state index in [1.165, 1.54) is 0 Å². The molecule has 0 heterocycles. The Balaban J connectivity index is 2.64. The number of carbonyl (C=O) groups excluding carboxylic acids is 2. The highest BCUT2D eigenvalue weighted by molar-refractivity contribution is 5.91. The van der Waals surface area contributed by atoms with E-state index >= 15 is 0 Å². The fourth-order valence-electron chi connectivity index (χ4n) is 1.70. The Morgan fingerprint density at radius 1 is 1.30 bits per heavy atom. The summed E-state index contributed by atoms with van der Waals surface area (Å²) in [5, 5.41) is 2.61. The Bertz CT molecular complexity index is 589. The summed E-state index contributed by atoms with van der Waals surface area (Å²) in [5.41, 5.74) is 6.99. The standard InChI is InChI=1S/C17H24N2O4/c1-5-22-15(20)13-8-9-14(18)12(11-13)7-6-10-19-16(21)23-17(2,3)4/h6-9,11H,5,10,18H2,1-4H3,(H,19,21). The van der Waals surface area contributed by atoms with Crippen LogP contribution >= 0.6 is 0 Å². The number of anilines is 1. The summed E-state index contributed by atoms with van der Waals surface area (Å²) in [7, 11) is 0. The quantitative estimate of drug-likeness (QED) is 0.643. The predicted octanol–water partition coefficient (Wildman–Crippen LogP) is 2.98. The number of nitrogens with one attached hydrogen (secondary N) is 1. The first-order valence-electron chi connectivity index (χ1n) is 7.43. The molecule has 1 rings (SSSR count). The molecule has 0 spiro atoms. The predicted molar refractivity (Wildman–Crippen MR) is 90.1 cm³/mol. The summed E-state index contributed by atoms with van der Waals surface area (Å²) >= 11 is 0. The molecular formula is C17H24N2O4. The van der Waals surface area contributed by atoms with Crippen LogP contribution in [0.4, 0.5) is 10.5 Å². The molecule has 1 aromatic carbocycles. The van der Waals surface area contributed by atoms with E-state index in [1.807, 2.05) is 0 Å². The van der Waals surface area contributed by atoms with Crippen LogP contribution in [0.15, 0.2) is 24.3 Å². The fraction of sp³-hybridized carbons (Fsp3) is 0.412. The number of rotatable bonds is 5. The van der Waals surface area contributed by atoms with Crippen molar-refractivity contribution in [1.29, 1.82) is 0 Å². The largest absolute Gasteiger partial charge is 0.462 e. The van der Waals surface area contributed by atoms with Gasteiger partial charge in [-0.1, -0.05) is 12.2 Å². The number of hydrogen-bond acceptors (Lipinski definition) is 5. The summed E-state index contributed by atoms with van der Waals surface area (Å²) in [5.74, 6) is -0.394. The first kappa shape index (κ1) is 18.5. The molecule has 0 saturated heterocycles. The van der Waals surface area contributed by atoms with Gasteiger partial charge < -0.3 is 20.5 Å². The molecule has 0 fully saturated rings. The second-order valence-corrected chi connectivity index (χ2v) is 5.85. The van der Waals surface area contributed by atoms with Crippen LogP contribution < -0.4 is 11.1 Å². The summed E-state index contributed by atoms with van der Waals surface area (Å²) in [4.78, 5) is 23.2. The number of hydrogen-bond donors (Lipinski definition) is 2. The summed E-state index contributed by atoms with van der Waals surface area (Å²) < 4.78 is 10.1. The number of ether oxygens (including phenoxy) is 2. The molecule has 3 N–H and O–H groups in total. The summed E-state index contributed by atoms with van der Waals surface area (Å²) in [6, 6.07) is 4.91. The van der Waals surface area contributed by atoms with Crippen LogP contribution in [0.2, 0.25) is 0 Å².